The Morgan fingerprint density at radius 3 is 2.20 bits per heavy atom. The second-order valence-electron chi connectivity index (χ2n) is 3.79. The average Bonchev–Trinajstić information content (AvgIpc) is 2.48. The molecule has 7 heteroatoms. The first-order valence-electron chi connectivity index (χ1n) is 5.61. The van der Waals surface area contributed by atoms with Gasteiger partial charge in [-0.15, -0.1) is 0 Å². The lowest BCUT2D eigenvalue weighted by atomic mass is 10.2. The van der Waals surface area contributed by atoms with Crippen molar-refractivity contribution in [1.29, 1.82) is 0 Å². The van der Waals surface area contributed by atoms with Gasteiger partial charge in [-0.3, -0.25) is 0 Å². The molecule has 0 radical (unpaired) electrons. The molecule has 7 nitrogen and oxygen atoms in total. The molecule has 1 heterocycles. The van der Waals surface area contributed by atoms with Crippen molar-refractivity contribution < 1.29 is 19.4 Å². The van der Waals surface area contributed by atoms with Crippen LogP contribution < -0.4 is 5.32 Å². The van der Waals surface area contributed by atoms with E-state index >= 15 is 0 Å². The Morgan fingerprint density at radius 2 is 1.70 bits per heavy atom. The fourth-order valence-corrected chi connectivity index (χ4v) is 1.44. The average molecular weight is 273 g/mol. The first kappa shape index (κ1) is 13.5. The lowest BCUT2D eigenvalue weighted by Gasteiger charge is -2.05. The van der Waals surface area contributed by atoms with Crippen LogP contribution in [-0.4, -0.2) is 34.1 Å². The Hall–Kier alpha value is -2.96. The summed E-state index contributed by atoms with van der Waals surface area (Å²) in [5, 5.41) is 11.6. The number of carboxylic acid groups (broad SMARTS) is 1. The molecule has 1 aromatic carbocycles. The van der Waals surface area contributed by atoms with Gasteiger partial charge in [0, 0.05) is 18.1 Å². The number of carbonyl (C=O) groups excluding carboxylic acids is 1. The highest BCUT2D eigenvalue weighted by molar-refractivity contribution is 5.89. The van der Waals surface area contributed by atoms with Crippen LogP contribution in [0, 0.1) is 0 Å². The predicted octanol–water partition coefficient (Wildman–Crippen LogP) is 1.70. The first-order valence-corrected chi connectivity index (χ1v) is 5.61. The molecule has 0 aliphatic carbocycles. The van der Waals surface area contributed by atoms with Crippen LogP contribution >= 0.6 is 0 Å². The molecule has 2 rings (SSSR count). The molecule has 0 spiro atoms. The molecule has 0 fully saturated rings. The van der Waals surface area contributed by atoms with Gasteiger partial charge in [-0.1, -0.05) is 0 Å². The topological polar surface area (TPSA) is 101 Å². The highest BCUT2D eigenvalue weighted by Crippen LogP contribution is 2.14. The Labute approximate surface area is 114 Å². The van der Waals surface area contributed by atoms with Gasteiger partial charge in [-0.25, -0.2) is 19.6 Å². The summed E-state index contributed by atoms with van der Waals surface area (Å²) < 4.78 is 4.59. The van der Waals surface area contributed by atoms with Crippen LogP contribution in [0.2, 0.25) is 0 Å². The summed E-state index contributed by atoms with van der Waals surface area (Å²) in [7, 11) is 1.31. The van der Waals surface area contributed by atoms with E-state index in [2.05, 4.69) is 20.0 Å². The quantitative estimate of drug-likeness (QED) is 0.817. The number of hydrogen-bond donors (Lipinski definition) is 2. The van der Waals surface area contributed by atoms with Gasteiger partial charge in [-0.2, -0.15) is 0 Å². The number of hydrogen-bond acceptors (Lipinski definition) is 6. The maximum atomic E-state index is 11.3. The maximum absolute atomic E-state index is 11.3. The molecule has 0 unspecified atom stereocenters. The van der Waals surface area contributed by atoms with Crippen LogP contribution in [0.15, 0.2) is 36.7 Å². The maximum Gasteiger partial charge on any atom is 0.338 e. The molecular weight excluding hydrogens is 262 g/mol. The largest absolute Gasteiger partial charge is 0.478 e. The molecule has 2 N–H and O–H groups in total. The number of aromatic carboxylic acids is 1. The number of anilines is 2. The molecule has 102 valence electrons. The van der Waals surface area contributed by atoms with E-state index in [9.17, 15) is 9.59 Å². The van der Waals surface area contributed by atoms with E-state index < -0.39 is 11.9 Å². The Morgan fingerprint density at radius 1 is 1.10 bits per heavy atom. The summed E-state index contributed by atoms with van der Waals surface area (Å²) in [5.41, 5.74) is 1.11. The lowest BCUT2D eigenvalue weighted by molar-refractivity contribution is 0.0600. The second kappa shape index (κ2) is 5.79. The second-order valence-corrected chi connectivity index (χ2v) is 3.79. The summed E-state index contributed by atoms with van der Waals surface area (Å²) in [6, 6.07) is 6.53. The third-order valence-electron chi connectivity index (χ3n) is 2.46. The number of rotatable bonds is 4. The number of nitrogens with one attached hydrogen (secondary N) is 1. The number of ether oxygens (including phenoxy) is 1. The standard InChI is InChI=1S/C13H11N3O4/c1-20-12(19)8-2-4-10(5-3-8)16-13-14-6-9(7-15-13)11(17)18/h2-7H,1H3,(H,17,18)(H,14,15,16). The molecule has 1 aromatic heterocycles. The van der Waals surface area contributed by atoms with Crippen LogP contribution in [0.4, 0.5) is 11.6 Å². The molecule has 0 bridgehead atoms. The SMILES string of the molecule is COC(=O)c1ccc(Nc2ncc(C(=O)O)cn2)cc1. The van der Waals surface area contributed by atoms with Gasteiger partial charge in [0.2, 0.25) is 5.95 Å². The molecule has 0 amide bonds. The normalized spacial score (nSPS) is 9.85. The van der Waals surface area contributed by atoms with Crippen molar-refractivity contribution in [1.82, 2.24) is 9.97 Å². The van der Waals surface area contributed by atoms with Crippen LogP contribution in [0.3, 0.4) is 0 Å². The van der Waals surface area contributed by atoms with Gasteiger partial charge < -0.3 is 15.2 Å². The molecule has 0 atom stereocenters. The zero-order chi connectivity index (χ0) is 14.5. The van der Waals surface area contributed by atoms with E-state index in [1.807, 2.05) is 0 Å². The zero-order valence-corrected chi connectivity index (χ0v) is 10.5. The van der Waals surface area contributed by atoms with E-state index in [4.69, 9.17) is 5.11 Å². The molecule has 0 saturated heterocycles. The van der Waals surface area contributed by atoms with E-state index in [1.54, 1.807) is 24.3 Å². The number of aromatic nitrogens is 2. The Bertz CT molecular complexity index is 623. The van der Waals surface area contributed by atoms with Crippen LogP contribution in [0.5, 0.6) is 0 Å². The summed E-state index contributed by atoms with van der Waals surface area (Å²) in [4.78, 5) is 29.7. The molecule has 0 aliphatic heterocycles. The predicted molar refractivity (Wildman–Crippen MR) is 70.1 cm³/mol. The van der Waals surface area contributed by atoms with E-state index in [-0.39, 0.29) is 11.5 Å². The minimum atomic E-state index is -1.08. The number of nitrogens with zero attached hydrogens (tertiary/aromatic N) is 2. The zero-order valence-electron chi connectivity index (χ0n) is 10.5. The van der Waals surface area contributed by atoms with Gasteiger partial charge in [0.25, 0.3) is 0 Å². The lowest BCUT2D eigenvalue weighted by Crippen LogP contribution is -2.03. The van der Waals surface area contributed by atoms with E-state index in [0.717, 1.165) is 0 Å². The summed E-state index contributed by atoms with van der Waals surface area (Å²) >= 11 is 0. The fraction of sp³-hybridized carbons (Fsp3) is 0.0769. The van der Waals surface area contributed by atoms with E-state index in [0.29, 0.717) is 11.3 Å². The molecule has 2 aromatic rings. The van der Waals surface area contributed by atoms with Crippen molar-refractivity contribution in [2.24, 2.45) is 0 Å². The van der Waals surface area contributed by atoms with Crippen molar-refractivity contribution >= 4 is 23.6 Å². The summed E-state index contributed by atoms with van der Waals surface area (Å²) in [6.07, 6.45) is 2.42. The van der Waals surface area contributed by atoms with Gasteiger partial charge in [0.1, 0.15) is 0 Å². The highest BCUT2D eigenvalue weighted by Gasteiger charge is 2.06. The van der Waals surface area contributed by atoms with Gasteiger partial charge in [-0.05, 0) is 24.3 Å². The summed E-state index contributed by atoms with van der Waals surface area (Å²) in [5.74, 6) is -1.24. The number of carbonyl (C=O) groups is 2. The van der Waals surface area contributed by atoms with Gasteiger partial charge >= 0.3 is 11.9 Å². The monoisotopic (exact) mass is 273 g/mol. The van der Waals surface area contributed by atoms with E-state index in [1.165, 1.54) is 19.5 Å². The fourth-order valence-electron chi connectivity index (χ4n) is 1.44. The van der Waals surface area contributed by atoms with Crippen molar-refractivity contribution in [3.63, 3.8) is 0 Å². The summed E-state index contributed by atoms with van der Waals surface area (Å²) in [6.45, 7) is 0. The minimum absolute atomic E-state index is 0.0107. The third kappa shape index (κ3) is 3.08. The number of carboxylic acids is 1. The number of methoxy groups -OCH3 is 1. The van der Waals surface area contributed by atoms with Crippen molar-refractivity contribution in [3.8, 4) is 0 Å². The molecule has 20 heavy (non-hydrogen) atoms. The highest BCUT2D eigenvalue weighted by atomic mass is 16.5. The smallest absolute Gasteiger partial charge is 0.338 e. The van der Waals surface area contributed by atoms with Crippen LogP contribution in [0.1, 0.15) is 20.7 Å². The molecule has 0 saturated carbocycles. The first-order chi connectivity index (χ1) is 9.60. The molecule has 0 aliphatic rings. The minimum Gasteiger partial charge on any atom is -0.478 e. The molecular formula is C13H11N3O4. The third-order valence-corrected chi connectivity index (χ3v) is 2.46. The van der Waals surface area contributed by atoms with Crippen LogP contribution in [0.25, 0.3) is 0 Å². The Balaban J connectivity index is 2.10. The van der Waals surface area contributed by atoms with Crippen LogP contribution in [-0.2, 0) is 4.74 Å². The van der Waals surface area contributed by atoms with Crippen molar-refractivity contribution in [2.45, 2.75) is 0 Å². The van der Waals surface area contributed by atoms with Gasteiger partial charge in [0.05, 0.1) is 18.2 Å². The number of esters is 1. The van der Waals surface area contributed by atoms with Crippen molar-refractivity contribution in [3.05, 3.63) is 47.8 Å². The number of benzene rings is 1. The van der Waals surface area contributed by atoms with Gasteiger partial charge in [0.15, 0.2) is 0 Å². The van der Waals surface area contributed by atoms with Crippen molar-refractivity contribution in [2.75, 3.05) is 12.4 Å². The Kier molecular flexibility index (Phi) is 3.90.